The van der Waals surface area contributed by atoms with Gasteiger partial charge in [0.25, 0.3) is 0 Å². The summed E-state index contributed by atoms with van der Waals surface area (Å²) in [6.07, 6.45) is 5.06. The molecule has 166 valence electrons. The minimum absolute atomic E-state index is 0.0986. The molecule has 0 aliphatic carbocycles. The quantitative estimate of drug-likeness (QED) is 0.157. The number of methoxy groups -OCH3 is 1. The zero-order valence-corrected chi connectivity index (χ0v) is 20.8. The van der Waals surface area contributed by atoms with Crippen LogP contribution in [0.4, 0.5) is 0 Å². The molecule has 0 N–H and O–H groups in total. The van der Waals surface area contributed by atoms with Crippen LogP contribution in [0.15, 0.2) is 49.1 Å². The van der Waals surface area contributed by atoms with Crippen LogP contribution in [0.25, 0.3) is 0 Å². The van der Waals surface area contributed by atoms with Gasteiger partial charge in [-0.05, 0) is 48.7 Å². The summed E-state index contributed by atoms with van der Waals surface area (Å²) in [5, 5.41) is 0.155. The van der Waals surface area contributed by atoms with Gasteiger partial charge >= 0.3 is 0 Å². The van der Waals surface area contributed by atoms with Crippen LogP contribution in [0.5, 0.6) is 5.75 Å². The van der Waals surface area contributed by atoms with Crippen LogP contribution in [0.1, 0.15) is 52.0 Å². The highest BCUT2D eigenvalue weighted by atomic mass is 28.4. The lowest BCUT2D eigenvalue weighted by atomic mass is 10.1. The molecule has 0 radical (unpaired) electrons. The molecule has 0 heterocycles. The Bertz CT molecular complexity index is 717. The average Bonchev–Trinajstić information content (AvgIpc) is 2.66. The molecule has 4 heteroatoms. The van der Waals surface area contributed by atoms with E-state index in [2.05, 4.69) is 58.9 Å². The third-order valence-corrected chi connectivity index (χ3v) is 9.92. The van der Waals surface area contributed by atoms with Gasteiger partial charge in [0, 0.05) is 19.4 Å². The van der Waals surface area contributed by atoms with Crippen molar-refractivity contribution in [1.82, 2.24) is 0 Å². The predicted molar refractivity (Wildman–Crippen MR) is 130 cm³/mol. The molecule has 0 bridgehead atoms. The van der Waals surface area contributed by atoms with Crippen molar-refractivity contribution in [3.8, 4) is 17.6 Å². The fourth-order valence-corrected chi connectivity index (χ4v) is 3.77. The van der Waals surface area contributed by atoms with E-state index in [-0.39, 0.29) is 11.1 Å². The summed E-state index contributed by atoms with van der Waals surface area (Å²) in [4.78, 5) is 0. The third-order valence-electron chi connectivity index (χ3n) is 5.43. The molecular formula is C26H40O3Si. The summed E-state index contributed by atoms with van der Waals surface area (Å²) in [5.41, 5.74) is 2.26. The lowest BCUT2D eigenvalue weighted by Gasteiger charge is -2.38. The normalized spacial score (nSPS) is 12.6. The summed E-state index contributed by atoms with van der Waals surface area (Å²) in [6, 6.07) is 7.95. The molecule has 0 aliphatic heterocycles. The van der Waals surface area contributed by atoms with Gasteiger partial charge in [0.15, 0.2) is 8.32 Å². The monoisotopic (exact) mass is 428 g/mol. The van der Waals surface area contributed by atoms with E-state index in [1.807, 2.05) is 30.3 Å². The minimum atomic E-state index is -1.89. The Kier molecular flexibility index (Phi) is 11.2. The van der Waals surface area contributed by atoms with Crippen LogP contribution in [-0.2, 0) is 15.8 Å². The number of ether oxygens (including phenoxy) is 2. The molecule has 3 nitrogen and oxygen atoms in total. The van der Waals surface area contributed by atoms with E-state index in [0.717, 1.165) is 42.6 Å². The van der Waals surface area contributed by atoms with Crippen molar-refractivity contribution in [1.29, 1.82) is 0 Å². The van der Waals surface area contributed by atoms with Crippen molar-refractivity contribution in [2.24, 2.45) is 0 Å². The van der Waals surface area contributed by atoms with E-state index in [4.69, 9.17) is 13.9 Å². The highest BCUT2D eigenvalue weighted by Gasteiger charge is 2.38. The first-order valence-corrected chi connectivity index (χ1v) is 13.6. The average molecular weight is 429 g/mol. The molecule has 0 saturated heterocycles. The summed E-state index contributed by atoms with van der Waals surface area (Å²) < 4.78 is 17.5. The number of unbranched alkanes of at least 4 members (excludes halogenated alkanes) is 1. The van der Waals surface area contributed by atoms with E-state index < -0.39 is 8.32 Å². The van der Waals surface area contributed by atoms with Crippen LogP contribution in [0.2, 0.25) is 18.1 Å². The van der Waals surface area contributed by atoms with Gasteiger partial charge in [-0.25, -0.2) is 0 Å². The molecule has 1 unspecified atom stereocenters. The second-order valence-electron chi connectivity index (χ2n) is 9.14. The predicted octanol–water partition coefficient (Wildman–Crippen LogP) is 6.91. The van der Waals surface area contributed by atoms with Gasteiger partial charge in [-0.3, -0.25) is 0 Å². The Morgan fingerprint density at radius 3 is 2.43 bits per heavy atom. The number of allylic oxidation sites excluding steroid dienone is 1. The number of benzene rings is 1. The Labute approximate surface area is 185 Å². The zero-order valence-electron chi connectivity index (χ0n) is 19.8. The molecule has 0 aliphatic rings. The van der Waals surface area contributed by atoms with Crippen LogP contribution in [-0.4, -0.2) is 28.1 Å². The molecule has 30 heavy (non-hydrogen) atoms. The molecule has 0 aromatic heterocycles. The Morgan fingerprint density at radius 1 is 1.20 bits per heavy atom. The van der Waals surface area contributed by atoms with Gasteiger partial charge in [-0.1, -0.05) is 57.1 Å². The number of hydrogen-bond donors (Lipinski definition) is 0. The Morgan fingerprint density at radius 2 is 1.87 bits per heavy atom. The largest absolute Gasteiger partial charge is 0.497 e. The zero-order chi connectivity index (χ0) is 22.6. The van der Waals surface area contributed by atoms with Crippen molar-refractivity contribution in [2.45, 2.75) is 77.3 Å². The van der Waals surface area contributed by atoms with Crippen molar-refractivity contribution >= 4 is 8.32 Å². The van der Waals surface area contributed by atoms with Gasteiger partial charge in [0.1, 0.15) is 11.9 Å². The molecule has 1 aromatic carbocycles. The van der Waals surface area contributed by atoms with Crippen molar-refractivity contribution in [2.75, 3.05) is 13.7 Å². The van der Waals surface area contributed by atoms with Crippen molar-refractivity contribution < 1.29 is 13.9 Å². The molecule has 0 spiro atoms. The van der Waals surface area contributed by atoms with E-state index in [0.29, 0.717) is 13.2 Å². The van der Waals surface area contributed by atoms with E-state index in [9.17, 15) is 0 Å². The molecule has 1 atom stereocenters. The lowest BCUT2D eigenvalue weighted by Crippen LogP contribution is -2.43. The number of hydrogen-bond acceptors (Lipinski definition) is 3. The SMILES string of the molecule is C=CCC(=C)CC(C#CCCCOCc1ccc(OC)cc1)O[Si](C)(C)C(C)(C)C. The maximum Gasteiger partial charge on any atom is 0.193 e. The van der Waals surface area contributed by atoms with Crippen LogP contribution in [0, 0.1) is 11.8 Å². The van der Waals surface area contributed by atoms with Crippen molar-refractivity contribution in [3.05, 3.63) is 54.6 Å². The van der Waals surface area contributed by atoms with E-state index >= 15 is 0 Å². The van der Waals surface area contributed by atoms with Gasteiger partial charge in [0.05, 0.1) is 13.7 Å². The Balaban J connectivity index is 2.50. The van der Waals surface area contributed by atoms with E-state index in [1.54, 1.807) is 7.11 Å². The van der Waals surface area contributed by atoms with Crippen LogP contribution < -0.4 is 4.74 Å². The summed E-state index contributed by atoms with van der Waals surface area (Å²) in [6.45, 7) is 20.6. The van der Waals surface area contributed by atoms with Crippen molar-refractivity contribution in [3.63, 3.8) is 0 Å². The fourth-order valence-electron chi connectivity index (χ4n) is 2.56. The maximum atomic E-state index is 6.55. The van der Waals surface area contributed by atoms with Gasteiger partial charge < -0.3 is 13.9 Å². The molecule has 1 aromatic rings. The van der Waals surface area contributed by atoms with Crippen LogP contribution >= 0.6 is 0 Å². The van der Waals surface area contributed by atoms with Gasteiger partial charge in [0.2, 0.25) is 0 Å². The highest BCUT2D eigenvalue weighted by molar-refractivity contribution is 6.74. The second-order valence-corrected chi connectivity index (χ2v) is 13.9. The molecule has 0 amide bonds. The third kappa shape index (κ3) is 9.80. The van der Waals surface area contributed by atoms with Gasteiger partial charge in [-0.15, -0.1) is 12.5 Å². The molecule has 0 saturated carbocycles. The maximum absolute atomic E-state index is 6.55. The summed E-state index contributed by atoms with van der Waals surface area (Å²) in [5.74, 6) is 7.52. The lowest BCUT2D eigenvalue weighted by molar-refractivity contribution is 0.119. The molecule has 1 rings (SSSR count). The first-order chi connectivity index (χ1) is 14.1. The summed E-state index contributed by atoms with van der Waals surface area (Å²) >= 11 is 0. The molecule has 0 fully saturated rings. The van der Waals surface area contributed by atoms with Crippen LogP contribution in [0.3, 0.4) is 0 Å². The minimum Gasteiger partial charge on any atom is -0.497 e. The first-order valence-electron chi connectivity index (χ1n) is 10.7. The number of rotatable bonds is 12. The topological polar surface area (TPSA) is 27.7 Å². The smallest absolute Gasteiger partial charge is 0.193 e. The molecular weight excluding hydrogens is 388 g/mol. The van der Waals surface area contributed by atoms with E-state index in [1.165, 1.54) is 0 Å². The summed E-state index contributed by atoms with van der Waals surface area (Å²) in [7, 11) is -0.216. The standard InChI is InChI=1S/C26H40O3Si/c1-9-13-22(2)20-25(29-30(7,8)26(3,4)5)14-11-10-12-19-28-21-23-15-17-24(27-6)18-16-23/h9,15-18,25H,1-2,10,12-13,19-21H2,3-8H3. The fraction of sp³-hybridized carbons (Fsp3) is 0.538. The second kappa shape index (κ2) is 12.8. The van der Waals surface area contributed by atoms with Gasteiger partial charge in [-0.2, -0.15) is 0 Å². The first kappa shape index (κ1) is 26.2. The highest BCUT2D eigenvalue weighted by Crippen LogP contribution is 2.37. The Hall–Kier alpha value is -1.80.